The van der Waals surface area contributed by atoms with Crippen molar-refractivity contribution in [1.82, 2.24) is 10.6 Å². The number of nitrogens with zero attached hydrogens (tertiary/aromatic N) is 1. The van der Waals surface area contributed by atoms with Gasteiger partial charge in [0.15, 0.2) is 5.96 Å². The van der Waals surface area contributed by atoms with Gasteiger partial charge in [-0.05, 0) is 44.9 Å². The minimum Gasteiger partial charge on any atom is -0.459 e. The Morgan fingerprint density at radius 3 is 2.64 bits per heavy atom. The summed E-state index contributed by atoms with van der Waals surface area (Å²) in [4.78, 5) is 15.6. The summed E-state index contributed by atoms with van der Waals surface area (Å²) in [6.45, 7) is 6.07. The molecule has 122 valence electrons. The topological polar surface area (TPSA) is 62.7 Å². The van der Waals surface area contributed by atoms with Crippen LogP contribution < -0.4 is 10.6 Å². The summed E-state index contributed by atoms with van der Waals surface area (Å²) in [6, 6.07) is 6.46. The fourth-order valence-electron chi connectivity index (χ4n) is 1.77. The van der Waals surface area contributed by atoms with Crippen molar-refractivity contribution in [2.75, 3.05) is 20.1 Å². The standard InChI is InChI=1S/C16H24FN3O2/c1-16(2,3)22-14(21)11-20-15(18-4)19-9-8-12-6-5-7-13(17)10-12/h5-7,10H,8-9,11H2,1-4H3,(H2,18,19,20). The minimum atomic E-state index is -0.507. The second-order valence-corrected chi connectivity index (χ2v) is 5.82. The first-order valence-electron chi connectivity index (χ1n) is 7.21. The van der Waals surface area contributed by atoms with Crippen LogP contribution in [-0.4, -0.2) is 37.7 Å². The predicted octanol–water partition coefficient (Wildman–Crippen LogP) is 1.87. The number of guanidine groups is 1. The zero-order chi connectivity index (χ0) is 16.6. The second kappa shape index (κ2) is 8.36. The van der Waals surface area contributed by atoms with Gasteiger partial charge in [-0.25, -0.2) is 4.39 Å². The number of ether oxygens (including phenoxy) is 1. The molecule has 0 saturated carbocycles. The number of rotatable bonds is 5. The number of hydrogen-bond donors (Lipinski definition) is 2. The molecule has 0 saturated heterocycles. The number of hydrogen-bond acceptors (Lipinski definition) is 3. The van der Waals surface area contributed by atoms with Crippen molar-refractivity contribution in [2.45, 2.75) is 32.8 Å². The molecule has 2 N–H and O–H groups in total. The van der Waals surface area contributed by atoms with Crippen LogP contribution >= 0.6 is 0 Å². The van der Waals surface area contributed by atoms with Gasteiger partial charge < -0.3 is 15.4 Å². The van der Waals surface area contributed by atoms with Gasteiger partial charge in [0.1, 0.15) is 18.0 Å². The van der Waals surface area contributed by atoms with Gasteiger partial charge in [-0.2, -0.15) is 0 Å². The van der Waals surface area contributed by atoms with Crippen molar-refractivity contribution in [1.29, 1.82) is 0 Å². The van der Waals surface area contributed by atoms with Crippen molar-refractivity contribution in [3.05, 3.63) is 35.6 Å². The van der Waals surface area contributed by atoms with E-state index in [1.165, 1.54) is 12.1 Å². The highest BCUT2D eigenvalue weighted by molar-refractivity contribution is 5.84. The molecule has 0 bridgehead atoms. The number of aliphatic imine (C=N–C) groups is 1. The van der Waals surface area contributed by atoms with Crippen LogP contribution in [0.5, 0.6) is 0 Å². The van der Waals surface area contributed by atoms with E-state index in [1.54, 1.807) is 13.1 Å². The summed E-state index contributed by atoms with van der Waals surface area (Å²) in [5.74, 6) is -0.0900. The molecule has 5 nitrogen and oxygen atoms in total. The van der Waals surface area contributed by atoms with Gasteiger partial charge in [0, 0.05) is 13.6 Å². The Morgan fingerprint density at radius 2 is 2.05 bits per heavy atom. The molecule has 0 radical (unpaired) electrons. The molecule has 0 atom stereocenters. The lowest BCUT2D eigenvalue weighted by Gasteiger charge is -2.20. The summed E-state index contributed by atoms with van der Waals surface area (Å²) in [7, 11) is 1.62. The lowest BCUT2D eigenvalue weighted by molar-refractivity contribution is -0.153. The summed E-state index contributed by atoms with van der Waals surface area (Å²) < 4.78 is 18.2. The number of nitrogens with one attached hydrogen (secondary N) is 2. The van der Waals surface area contributed by atoms with E-state index < -0.39 is 5.60 Å². The highest BCUT2D eigenvalue weighted by Crippen LogP contribution is 2.06. The molecular weight excluding hydrogens is 285 g/mol. The predicted molar refractivity (Wildman–Crippen MR) is 85.3 cm³/mol. The first-order valence-corrected chi connectivity index (χ1v) is 7.21. The highest BCUT2D eigenvalue weighted by atomic mass is 19.1. The van der Waals surface area contributed by atoms with E-state index in [-0.39, 0.29) is 18.3 Å². The molecule has 1 aromatic rings. The van der Waals surface area contributed by atoms with Crippen LogP contribution in [0.25, 0.3) is 0 Å². The van der Waals surface area contributed by atoms with Gasteiger partial charge >= 0.3 is 5.97 Å². The molecular formula is C16H24FN3O2. The van der Waals surface area contributed by atoms with E-state index in [4.69, 9.17) is 4.74 Å². The first kappa shape index (κ1) is 17.9. The van der Waals surface area contributed by atoms with Gasteiger partial charge in [-0.3, -0.25) is 9.79 Å². The Kier molecular flexibility index (Phi) is 6.82. The third-order valence-electron chi connectivity index (χ3n) is 2.64. The van der Waals surface area contributed by atoms with Crippen LogP contribution in [0.15, 0.2) is 29.3 Å². The second-order valence-electron chi connectivity index (χ2n) is 5.82. The summed E-state index contributed by atoms with van der Waals surface area (Å²) in [5.41, 5.74) is 0.391. The van der Waals surface area contributed by atoms with Crippen LogP contribution in [-0.2, 0) is 16.0 Å². The van der Waals surface area contributed by atoms with Gasteiger partial charge in [-0.15, -0.1) is 0 Å². The first-order chi connectivity index (χ1) is 10.3. The van der Waals surface area contributed by atoms with Crippen LogP contribution in [0.2, 0.25) is 0 Å². The molecule has 0 aliphatic heterocycles. The third-order valence-corrected chi connectivity index (χ3v) is 2.64. The molecule has 0 spiro atoms. The zero-order valence-corrected chi connectivity index (χ0v) is 13.6. The maximum Gasteiger partial charge on any atom is 0.325 e. The number of benzene rings is 1. The van der Waals surface area contributed by atoms with Crippen molar-refractivity contribution in [3.63, 3.8) is 0 Å². The molecule has 6 heteroatoms. The van der Waals surface area contributed by atoms with E-state index in [9.17, 15) is 9.18 Å². The van der Waals surface area contributed by atoms with Crippen LogP contribution in [0.1, 0.15) is 26.3 Å². The Hall–Kier alpha value is -2.11. The number of carbonyl (C=O) groups excluding carboxylic acids is 1. The monoisotopic (exact) mass is 309 g/mol. The lowest BCUT2D eigenvalue weighted by atomic mass is 10.1. The lowest BCUT2D eigenvalue weighted by Crippen LogP contribution is -2.42. The van der Waals surface area contributed by atoms with Gasteiger partial charge in [0.05, 0.1) is 0 Å². The quantitative estimate of drug-likeness (QED) is 0.495. The van der Waals surface area contributed by atoms with Crippen LogP contribution in [0, 0.1) is 5.82 Å². The maximum absolute atomic E-state index is 13.1. The number of carbonyl (C=O) groups is 1. The molecule has 0 amide bonds. The Labute approximate surface area is 131 Å². The maximum atomic E-state index is 13.1. The average Bonchev–Trinajstić information content (AvgIpc) is 2.40. The van der Waals surface area contributed by atoms with Crippen molar-refractivity contribution >= 4 is 11.9 Å². The molecule has 1 rings (SSSR count). The smallest absolute Gasteiger partial charge is 0.325 e. The average molecular weight is 309 g/mol. The summed E-state index contributed by atoms with van der Waals surface area (Å²) in [5, 5.41) is 5.94. The molecule has 0 heterocycles. The molecule has 0 fully saturated rings. The summed E-state index contributed by atoms with van der Waals surface area (Å²) >= 11 is 0. The van der Waals surface area contributed by atoms with Crippen molar-refractivity contribution in [3.8, 4) is 0 Å². The van der Waals surface area contributed by atoms with E-state index in [0.29, 0.717) is 18.9 Å². The van der Waals surface area contributed by atoms with Crippen LogP contribution in [0.4, 0.5) is 4.39 Å². The minimum absolute atomic E-state index is 0.0386. The molecule has 0 aromatic heterocycles. The molecule has 0 aliphatic carbocycles. The number of esters is 1. The molecule has 1 aromatic carbocycles. The van der Waals surface area contributed by atoms with Crippen molar-refractivity contribution < 1.29 is 13.9 Å². The third kappa shape index (κ3) is 7.61. The van der Waals surface area contributed by atoms with Crippen LogP contribution in [0.3, 0.4) is 0 Å². The summed E-state index contributed by atoms with van der Waals surface area (Å²) in [6.07, 6.45) is 0.658. The Bertz CT molecular complexity index is 524. The SMILES string of the molecule is CN=C(NCCc1cccc(F)c1)NCC(=O)OC(C)(C)C. The highest BCUT2D eigenvalue weighted by Gasteiger charge is 2.16. The largest absolute Gasteiger partial charge is 0.459 e. The molecule has 0 unspecified atom stereocenters. The van der Waals surface area contributed by atoms with Crippen molar-refractivity contribution in [2.24, 2.45) is 4.99 Å². The van der Waals surface area contributed by atoms with Gasteiger partial charge in [0.25, 0.3) is 0 Å². The van der Waals surface area contributed by atoms with Gasteiger partial charge in [0.2, 0.25) is 0 Å². The van der Waals surface area contributed by atoms with E-state index >= 15 is 0 Å². The fraction of sp³-hybridized carbons (Fsp3) is 0.500. The fourth-order valence-corrected chi connectivity index (χ4v) is 1.77. The normalized spacial score (nSPS) is 12.0. The van der Waals surface area contributed by atoms with E-state index in [0.717, 1.165) is 5.56 Å². The van der Waals surface area contributed by atoms with Gasteiger partial charge in [-0.1, -0.05) is 12.1 Å². The molecule has 0 aliphatic rings. The Balaban J connectivity index is 2.32. The van der Waals surface area contributed by atoms with E-state index in [1.807, 2.05) is 26.8 Å². The Morgan fingerprint density at radius 1 is 1.32 bits per heavy atom. The zero-order valence-electron chi connectivity index (χ0n) is 13.6. The van der Waals surface area contributed by atoms with E-state index in [2.05, 4.69) is 15.6 Å². The molecule has 22 heavy (non-hydrogen) atoms. The number of halogens is 1.